The summed E-state index contributed by atoms with van der Waals surface area (Å²) in [5.41, 5.74) is 0.907. The van der Waals surface area contributed by atoms with E-state index in [4.69, 9.17) is 4.74 Å². The monoisotopic (exact) mass is 396 g/mol. The van der Waals surface area contributed by atoms with Gasteiger partial charge in [0.2, 0.25) is 0 Å². The summed E-state index contributed by atoms with van der Waals surface area (Å²) in [6.45, 7) is 3.04. The molecule has 1 aliphatic heterocycles. The van der Waals surface area contributed by atoms with Gasteiger partial charge >= 0.3 is 5.97 Å². The zero-order chi connectivity index (χ0) is 20.8. The van der Waals surface area contributed by atoms with E-state index in [-0.39, 0.29) is 23.5 Å². The van der Waals surface area contributed by atoms with Crippen molar-refractivity contribution in [2.24, 2.45) is 5.92 Å². The van der Waals surface area contributed by atoms with Crippen LogP contribution in [-0.4, -0.2) is 47.4 Å². The third-order valence-electron chi connectivity index (χ3n) is 4.90. The number of nitrogens with zero attached hydrogens (tertiary/aromatic N) is 1. The molecule has 1 saturated heterocycles. The van der Waals surface area contributed by atoms with Gasteiger partial charge in [-0.15, -0.1) is 0 Å². The molecule has 7 nitrogen and oxygen atoms in total. The molecule has 2 N–H and O–H groups in total. The summed E-state index contributed by atoms with van der Waals surface area (Å²) in [4.78, 5) is 37.7. The zero-order valence-corrected chi connectivity index (χ0v) is 16.3. The molecule has 0 atom stereocenters. The standard InChI is InChI=1S/C22H24N2O5/c1-15(25)29-20-7-3-4-17(13-20)21(27)23-14-16-8-10-24(11-9-16)22(28)18-5-2-6-19(26)12-18/h2-7,12-13,16,26H,8-11,14H2,1H3,(H,23,27). The van der Waals surface area contributed by atoms with Crippen molar-refractivity contribution in [3.05, 3.63) is 59.7 Å². The number of phenolic OH excluding ortho intramolecular Hbond substituents is 1. The molecule has 2 aromatic carbocycles. The summed E-state index contributed by atoms with van der Waals surface area (Å²) in [6.07, 6.45) is 1.58. The minimum absolute atomic E-state index is 0.0752. The summed E-state index contributed by atoms with van der Waals surface area (Å²) in [6, 6.07) is 12.8. The highest BCUT2D eigenvalue weighted by Gasteiger charge is 2.24. The summed E-state index contributed by atoms with van der Waals surface area (Å²) in [5, 5.41) is 12.5. The smallest absolute Gasteiger partial charge is 0.308 e. The van der Waals surface area contributed by atoms with E-state index in [1.165, 1.54) is 25.1 Å². The summed E-state index contributed by atoms with van der Waals surface area (Å²) < 4.78 is 5.01. The minimum atomic E-state index is -0.436. The fraction of sp³-hybridized carbons (Fsp3) is 0.318. The van der Waals surface area contributed by atoms with Crippen LogP contribution in [-0.2, 0) is 4.79 Å². The molecule has 0 saturated carbocycles. The fourth-order valence-corrected chi connectivity index (χ4v) is 3.37. The molecule has 152 valence electrons. The van der Waals surface area contributed by atoms with Crippen molar-refractivity contribution in [3.8, 4) is 11.5 Å². The topological polar surface area (TPSA) is 95.9 Å². The molecule has 1 heterocycles. The molecule has 2 aromatic rings. The van der Waals surface area contributed by atoms with Gasteiger partial charge in [-0.05, 0) is 55.2 Å². The van der Waals surface area contributed by atoms with Crippen LogP contribution in [0.15, 0.2) is 48.5 Å². The Morgan fingerprint density at radius 1 is 1.07 bits per heavy atom. The Morgan fingerprint density at radius 2 is 1.76 bits per heavy atom. The number of rotatable bonds is 5. The van der Waals surface area contributed by atoms with E-state index < -0.39 is 5.97 Å². The lowest BCUT2D eigenvalue weighted by Gasteiger charge is -2.32. The highest BCUT2D eigenvalue weighted by molar-refractivity contribution is 5.95. The number of esters is 1. The normalized spacial score (nSPS) is 14.3. The average molecular weight is 396 g/mol. The SMILES string of the molecule is CC(=O)Oc1cccc(C(=O)NCC2CCN(C(=O)c3cccc(O)c3)CC2)c1. The number of likely N-dealkylation sites (tertiary alicyclic amines) is 1. The van der Waals surface area contributed by atoms with Crippen LogP contribution >= 0.6 is 0 Å². The van der Waals surface area contributed by atoms with Gasteiger partial charge in [0.15, 0.2) is 0 Å². The van der Waals surface area contributed by atoms with Gasteiger partial charge in [-0.25, -0.2) is 0 Å². The average Bonchev–Trinajstić information content (AvgIpc) is 2.71. The first-order chi connectivity index (χ1) is 13.9. The van der Waals surface area contributed by atoms with E-state index in [2.05, 4.69) is 5.32 Å². The number of hydrogen-bond donors (Lipinski definition) is 2. The van der Waals surface area contributed by atoms with E-state index in [1.807, 2.05) is 0 Å². The van der Waals surface area contributed by atoms with Gasteiger partial charge in [0.1, 0.15) is 11.5 Å². The maximum atomic E-state index is 12.5. The van der Waals surface area contributed by atoms with Crippen molar-refractivity contribution >= 4 is 17.8 Å². The Labute approximate surface area is 169 Å². The van der Waals surface area contributed by atoms with E-state index in [0.29, 0.717) is 36.5 Å². The molecular formula is C22H24N2O5. The number of nitrogens with one attached hydrogen (secondary N) is 1. The van der Waals surface area contributed by atoms with Crippen LogP contribution < -0.4 is 10.1 Å². The van der Waals surface area contributed by atoms with Crippen LogP contribution in [0.5, 0.6) is 11.5 Å². The number of piperidine rings is 1. The van der Waals surface area contributed by atoms with E-state index in [9.17, 15) is 19.5 Å². The Kier molecular flexibility index (Phi) is 6.49. The Balaban J connectivity index is 1.48. The first kappa shape index (κ1) is 20.4. The molecule has 7 heteroatoms. The van der Waals surface area contributed by atoms with Gasteiger partial charge < -0.3 is 20.1 Å². The summed E-state index contributed by atoms with van der Waals surface area (Å²) in [5.74, 6) is -0.0588. The second-order valence-electron chi connectivity index (χ2n) is 7.12. The number of ether oxygens (including phenoxy) is 1. The van der Waals surface area contributed by atoms with Crippen molar-refractivity contribution in [3.63, 3.8) is 0 Å². The van der Waals surface area contributed by atoms with E-state index in [0.717, 1.165) is 12.8 Å². The van der Waals surface area contributed by atoms with E-state index in [1.54, 1.807) is 35.2 Å². The second kappa shape index (κ2) is 9.23. The number of amides is 2. The van der Waals surface area contributed by atoms with Crippen LogP contribution in [0.2, 0.25) is 0 Å². The van der Waals surface area contributed by atoms with Crippen LogP contribution in [0.1, 0.15) is 40.5 Å². The predicted octanol–water partition coefficient (Wildman–Crippen LogP) is 2.60. The summed E-state index contributed by atoms with van der Waals surface area (Å²) in [7, 11) is 0. The van der Waals surface area contributed by atoms with Crippen LogP contribution in [0.3, 0.4) is 0 Å². The first-order valence-electron chi connectivity index (χ1n) is 9.57. The fourth-order valence-electron chi connectivity index (χ4n) is 3.37. The van der Waals surface area contributed by atoms with Crippen LogP contribution in [0, 0.1) is 5.92 Å². The minimum Gasteiger partial charge on any atom is -0.508 e. The molecule has 0 bridgehead atoms. The van der Waals surface area contributed by atoms with Gasteiger partial charge in [-0.1, -0.05) is 12.1 Å². The van der Waals surface area contributed by atoms with Crippen LogP contribution in [0.25, 0.3) is 0 Å². The number of phenols is 1. The molecule has 0 radical (unpaired) electrons. The molecule has 0 aliphatic carbocycles. The van der Waals surface area contributed by atoms with Crippen molar-refractivity contribution in [1.82, 2.24) is 10.2 Å². The Hall–Kier alpha value is -3.35. The van der Waals surface area contributed by atoms with Gasteiger partial charge in [-0.2, -0.15) is 0 Å². The number of carbonyl (C=O) groups is 3. The lowest BCUT2D eigenvalue weighted by atomic mass is 9.96. The number of aromatic hydroxyl groups is 1. The lowest BCUT2D eigenvalue weighted by molar-refractivity contribution is -0.131. The van der Waals surface area contributed by atoms with Gasteiger partial charge in [0, 0.05) is 37.7 Å². The van der Waals surface area contributed by atoms with Crippen molar-refractivity contribution in [2.45, 2.75) is 19.8 Å². The van der Waals surface area contributed by atoms with Crippen molar-refractivity contribution in [1.29, 1.82) is 0 Å². The molecule has 1 fully saturated rings. The number of carbonyl (C=O) groups excluding carboxylic acids is 3. The Bertz CT molecular complexity index is 904. The molecular weight excluding hydrogens is 372 g/mol. The molecule has 0 spiro atoms. The van der Waals surface area contributed by atoms with Gasteiger partial charge in [0.25, 0.3) is 11.8 Å². The highest BCUT2D eigenvalue weighted by Crippen LogP contribution is 2.20. The highest BCUT2D eigenvalue weighted by atomic mass is 16.5. The molecule has 2 amide bonds. The first-order valence-corrected chi connectivity index (χ1v) is 9.57. The molecule has 1 aliphatic rings. The third-order valence-corrected chi connectivity index (χ3v) is 4.90. The van der Waals surface area contributed by atoms with E-state index >= 15 is 0 Å². The maximum Gasteiger partial charge on any atom is 0.308 e. The molecule has 0 aromatic heterocycles. The Morgan fingerprint density at radius 3 is 2.45 bits per heavy atom. The van der Waals surface area contributed by atoms with Crippen molar-refractivity contribution in [2.75, 3.05) is 19.6 Å². The summed E-state index contributed by atoms with van der Waals surface area (Å²) >= 11 is 0. The van der Waals surface area contributed by atoms with Gasteiger partial charge in [0.05, 0.1) is 0 Å². The second-order valence-corrected chi connectivity index (χ2v) is 7.12. The zero-order valence-electron chi connectivity index (χ0n) is 16.3. The molecule has 29 heavy (non-hydrogen) atoms. The molecule has 3 rings (SSSR count). The quantitative estimate of drug-likeness (QED) is 0.598. The lowest BCUT2D eigenvalue weighted by Crippen LogP contribution is -2.41. The van der Waals surface area contributed by atoms with Gasteiger partial charge in [-0.3, -0.25) is 14.4 Å². The van der Waals surface area contributed by atoms with Crippen LogP contribution in [0.4, 0.5) is 0 Å². The molecule has 0 unspecified atom stereocenters. The predicted molar refractivity (Wildman–Crippen MR) is 107 cm³/mol. The third kappa shape index (κ3) is 5.57. The largest absolute Gasteiger partial charge is 0.508 e. The maximum absolute atomic E-state index is 12.5. The number of benzene rings is 2. The van der Waals surface area contributed by atoms with Crippen molar-refractivity contribution < 1.29 is 24.2 Å². The number of hydrogen-bond acceptors (Lipinski definition) is 5.